The van der Waals surface area contributed by atoms with E-state index in [1.165, 1.54) is 18.3 Å². The molecule has 0 bridgehead atoms. The van der Waals surface area contributed by atoms with Gasteiger partial charge in [-0.1, -0.05) is 11.6 Å². The van der Waals surface area contributed by atoms with Gasteiger partial charge >= 0.3 is 0 Å². The molecule has 1 aromatic heterocycles. The van der Waals surface area contributed by atoms with Crippen molar-refractivity contribution in [3.63, 3.8) is 0 Å². The maximum atomic E-state index is 11.8. The van der Waals surface area contributed by atoms with E-state index in [0.29, 0.717) is 0 Å². The number of hydrogen-bond acceptors (Lipinski definition) is 2. The fourth-order valence-corrected chi connectivity index (χ4v) is 0.827. The Labute approximate surface area is 68.0 Å². The SMILES string of the molecule is O=C(CF)c1ccnc(Cl)c1. The molecular weight excluding hydrogens is 169 g/mol. The van der Waals surface area contributed by atoms with E-state index < -0.39 is 12.5 Å². The first kappa shape index (κ1) is 8.14. The second-order valence-corrected chi connectivity index (χ2v) is 2.31. The van der Waals surface area contributed by atoms with E-state index in [2.05, 4.69) is 4.98 Å². The zero-order valence-corrected chi connectivity index (χ0v) is 6.31. The van der Waals surface area contributed by atoms with Crippen LogP contribution in [-0.2, 0) is 0 Å². The van der Waals surface area contributed by atoms with Gasteiger partial charge in [0.2, 0.25) is 0 Å². The fourth-order valence-electron chi connectivity index (χ4n) is 0.653. The third-order valence-corrected chi connectivity index (χ3v) is 1.38. The molecule has 0 spiro atoms. The van der Waals surface area contributed by atoms with Crippen LogP contribution < -0.4 is 0 Å². The summed E-state index contributed by atoms with van der Waals surface area (Å²) < 4.78 is 11.8. The van der Waals surface area contributed by atoms with Gasteiger partial charge in [-0.05, 0) is 12.1 Å². The van der Waals surface area contributed by atoms with E-state index in [4.69, 9.17) is 11.6 Å². The van der Waals surface area contributed by atoms with Crippen LogP contribution >= 0.6 is 11.6 Å². The summed E-state index contributed by atoms with van der Waals surface area (Å²) in [5.41, 5.74) is 0.257. The number of pyridine rings is 1. The number of Topliss-reactive ketones (excluding diaryl/α,β-unsaturated/α-hetero) is 1. The quantitative estimate of drug-likeness (QED) is 0.505. The van der Waals surface area contributed by atoms with Crippen molar-refractivity contribution in [3.05, 3.63) is 29.0 Å². The summed E-state index contributed by atoms with van der Waals surface area (Å²) in [4.78, 5) is 14.4. The van der Waals surface area contributed by atoms with Gasteiger partial charge in [0.25, 0.3) is 0 Å². The molecule has 0 aliphatic rings. The molecule has 0 unspecified atom stereocenters. The number of rotatable bonds is 2. The number of halogens is 2. The Morgan fingerprint density at radius 2 is 2.45 bits per heavy atom. The van der Waals surface area contributed by atoms with Gasteiger partial charge in [0.05, 0.1) is 0 Å². The zero-order valence-electron chi connectivity index (χ0n) is 5.55. The molecular formula is C7H5ClFNO. The highest BCUT2D eigenvalue weighted by Crippen LogP contribution is 2.07. The molecule has 0 N–H and O–H groups in total. The number of hydrogen-bond donors (Lipinski definition) is 0. The largest absolute Gasteiger partial charge is 0.291 e. The summed E-state index contributed by atoms with van der Waals surface area (Å²) in [5, 5.41) is 0.198. The van der Waals surface area contributed by atoms with Gasteiger partial charge in [-0.2, -0.15) is 0 Å². The van der Waals surface area contributed by atoms with Crippen LogP contribution in [0.15, 0.2) is 18.3 Å². The van der Waals surface area contributed by atoms with Gasteiger partial charge in [0, 0.05) is 11.8 Å². The van der Waals surface area contributed by atoms with E-state index in [0.717, 1.165) is 0 Å². The Kier molecular flexibility index (Phi) is 2.54. The summed E-state index contributed by atoms with van der Waals surface area (Å²) >= 11 is 5.46. The third-order valence-electron chi connectivity index (χ3n) is 1.17. The maximum absolute atomic E-state index is 11.8. The molecule has 0 atom stereocenters. The molecule has 1 aromatic rings. The molecule has 0 aromatic carbocycles. The van der Waals surface area contributed by atoms with E-state index in [1.54, 1.807) is 0 Å². The lowest BCUT2D eigenvalue weighted by atomic mass is 10.2. The summed E-state index contributed by atoms with van der Waals surface area (Å²) in [6.45, 7) is -1.000. The van der Waals surface area contributed by atoms with Gasteiger partial charge in [-0.15, -0.1) is 0 Å². The first-order valence-corrected chi connectivity index (χ1v) is 3.32. The van der Waals surface area contributed by atoms with Gasteiger partial charge in [-0.3, -0.25) is 4.79 Å². The highest BCUT2D eigenvalue weighted by atomic mass is 35.5. The Morgan fingerprint density at radius 1 is 1.73 bits per heavy atom. The number of aromatic nitrogens is 1. The predicted molar refractivity (Wildman–Crippen MR) is 39.6 cm³/mol. The van der Waals surface area contributed by atoms with Crippen LogP contribution in [0.2, 0.25) is 5.15 Å². The summed E-state index contributed by atoms with van der Waals surface area (Å²) in [7, 11) is 0. The van der Waals surface area contributed by atoms with Crippen molar-refractivity contribution >= 4 is 17.4 Å². The number of alkyl halides is 1. The second-order valence-electron chi connectivity index (χ2n) is 1.92. The minimum Gasteiger partial charge on any atom is -0.291 e. The van der Waals surface area contributed by atoms with Gasteiger partial charge in [0.15, 0.2) is 12.5 Å². The Morgan fingerprint density at radius 3 is 3.00 bits per heavy atom. The molecule has 58 valence electrons. The lowest BCUT2D eigenvalue weighted by Gasteiger charge is -1.94. The van der Waals surface area contributed by atoms with E-state index >= 15 is 0 Å². The van der Waals surface area contributed by atoms with Crippen LogP contribution in [-0.4, -0.2) is 17.4 Å². The van der Waals surface area contributed by atoms with Crippen molar-refractivity contribution in [1.82, 2.24) is 4.98 Å². The molecule has 1 rings (SSSR count). The molecule has 0 saturated heterocycles. The highest BCUT2D eigenvalue weighted by Gasteiger charge is 2.04. The lowest BCUT2D eigenvalue weighted by molar-refractivity contribution is 0.0958. The first-order chi connectivity index (χ1) is 5.24. The average molecular weight is 174 g/mol. The number of ketones is 1. The van der Waals surface area contributed by atoms with Crippen molar-refractivity contribution in [3.8, 4) is 0 Å². The van der Waals surface area contributed by atoms with E-state index in [9.17, 15) is 9.18 Å². The monoisotopic (exact) mass is 173 g/mol. The van der Waals surface area contributed by atoms with E-state index in [1.807, 2.05) is 0 Å². The highest BCUT2D eigenvalue weighted by molar-refractivity contribution is 6.29. The van der Waals surface area contributed by atoms with Crippen molar-refractivity contribution < 1.29 is 9.18 Å². The van der Waals surface area contributed by atoms with Gasteiger partial charge in [-0.25, -0.2) is 9.37 Å². The molecule has 1 heterocycles. The number of carbonyl (C=O) groups excluding carboxylic acids is 1. The minimum absolute atomic E-state index is 0.198. The number of nitrogens with zero attached hydrogens (tertiary/aromatic N) is 1. The van der Waals surface area contributed by atoms with Gasteiger partial charge < -0.3 is 0 Å². The lowest BCUT2D eigenvalue weighted by Crippen LogP contribution is -2.00. The molecule has 2 nitrogen and oxygen atoms in total. The Balaban J connectivity index is 2.96. The average Bonchev–Trinajstić information content (AvgIpc) is 2.03. The minimum atomic E-state index is -1.000. The summed E-state index contributed by atoms with van der Waals surface area (Å²) in [6, 6.07) is 2.76. The predicted octanol–water partition coefficient (Wildman–Crippen LogP) is 1.89. The molecule has 11 heavy (non-hydrogen) atoms. The first-order valence-electron chi connectivity index (χ1n) is 2.95. The normalized spacial score (nSPS) is 9.64. The van der Waals surface area contributed by atoms with Crippen LogP contribution in [0.1, 0.15) is 10.4 Å². The zero-order chi connectivity index (χ0) is 8.27. The summed E-state index contributed by atoms with van der Waals surface area (Å²) in [5.74, 6) is -0.575. The van der Waals surface area contributed by atoms with Crippen LogP contribution in [0.25, 0.3) is 0 Å². The second kappa shape index (κ2) is 3.44. The molecule has 0 aliphatic carbocycles. The Hall–Kier alpha value is -0.960. The third kappa shape index (κ3) is 1.98. The number of carbonyl (C=O) groups is 1. The van der Waals surface area contributed by atoms with Crippen LogP contribution in [0.5, 0.6) is 0 Å². The molecule has 0 fully saturated rings. The Bertz CT molecular complexity index is 277. The van der Waals surface area contributed by atoms with Crippen molar-refractivity contribution in [2.45, 2.75) is 0 Å². The van der Waals surface area contributed by atoms with Crippen LogP contribution in [0.3, 0.4) is 0 Å². The standard InChI is InChI=1S/C7H5ClFNO/c8-7-3-5(1-2-10-7)6(11)4-9/h1-3H,4H2. The fraction of sp³-hybridized carbons (Fsp3) is 0.143. The summed E-state index contributed by atoms with van der Waals surface area (Å²) in [6.07, 6.45) is 1.37. The smallest absolute Gasteiger partial charge is 0.193 e. The topological polar surface area (TPSA) is 30.0 Å². The molecule has 0 amide bonds. The van der Waals surface area contributed by atoms with Crippen molar-refractivity contribution in [2.24, 2.45) is 0 Å². The van der Waals surface area contributed by atoms with Crippen molar-refractivity contribution in [2.75, 3.05) is 6.67 Å². The molecule has 0 aliphatic heterocycles. The van der Waals surface area contributed by atoms with Crippen molar-refractivity contribution in [1.29, 1.82) is 0 Å². The van der Waals surface area contributed by atoms with Crippen LogP contribution in [0.4, 0.5) is 4.39 Å². The van der Waals surface area contributed by atoms with Gasteiger partial charge in [0.1, 0.15) is 5.15 Å². The van der Waals surface area contributed by atoms with E-state index in [-0.39, 0.29) is 10.7 Å². The maximum Gasteiger partial charge on any atom is 0.193 e. The van der Waals surface area contributed by atoms with Crippen LogP contribution in [0, 0.1) is 0 Å². The molecule has 0 radical (unpaired) electrons. The molecule has 0 saturated carbocycles. The molecule has 4 heteroatoms.